The zero-order chi connectivity index (χ0) is 14.2. The van der Waals surface area contributed by atoms with Crippen LogP contribution < -0.4 is 4.74 Å². The summed E-state index contributed by atoms with van der Waals surface area (Å²) in [5.74, 6) is 2.44. The summed E-state index contributed by atoms with van der Waals surface area (Å²) in [6, 6.07) is 8.58. The van der Waals surface area contributed by atoms with Crippen LogP contribution in [0, 0.1) is 5.92 Å². The number of hydrogen-bond donors (Lipinski definition) is 0. The summed E-state index contributed by atoms with van der Waals surface area (Å²) in [4.78, 5) is 0. The Morgan fingerprint density at radius 3 is 2.45 bits per heavy atom. The largest absolute Gasteiger partial charge is 0.494 e. The van der Waals surface area contributed by atoms with E-state index in [4.69, 9.17) is 4.74 Å². The molecule has 20 heavy (non-hydrogen) atoms. The highest BCUT2D eigenvalue weighted by Gasteiger charge is 2.21. The van der Waals surface area contributed by atoms with E-state index in [1.807, 2.05) is 6.92 Å². The standard InChI is InChI=1S/C18H25FO/c1-2-20-18-12-10-17(11-13-18)16-8-6-15(7-9-16)5-3-4-14-19/h4,10-16H,2-3,5-9H2,1H3/b14-4+. The van der Waals surface area contributed by atoms with Gasteiger partial charge in [-0.2, -0.15) is 0 Å². The van der Waals surface area contributed by atoms with Gasteiger partial charge in [0.05, 0.1) is 12.9 Å². The molecule has 0 atom stereocenters. The van der Waals surface area contributed by atoms with Gasteiger partial charge in [-0.25, -0.2) is 4.39 Å². The number of halogens is 1. The van der Waals surface area contributed by atoms with Crippen LogP contribution in [0.25, 0.3) is 0 Å². The van der Waals surface area contributed by atoms with E-state index in [2.05, 4.69) is 24.3 Å². The fourth-order valence-corrected chi connectivity index (χ4v) is 3.18. The molecule has 0 N–H and O–H groups in total. The molecule has 0 aromatic heterocycles. The van der Waals surface area contributed by atoms with Crippen molar-refractivity contribution in [3.8, 4) is 5.75 Å². The molecule has 0 amide bonds. The van der Waals surface area contributed by atoms with Crippen LogP contribution in [0.5, 0.6) is 5.75 Å². The Morgan fingerprint density at radius 2 is 1.85 bits per heavy atom. The van der Waals surface area contributed by atoms with Gasteiger partial charge < -0.3 is 4.74 Å². The van der Waals surface area contributed by atoms with Crippen LogP contribution in [0.4, 0.5) is 4.39 Å². The normalized spacial score (nSPS) is 23.1. The van der Waals surface area contributed by atoms with Crippen molar-refractivity contribution in [2.24, 2.45) is 5.92 Å². The lowest BCUT2D eigenvalue weighted by atomic mass is 9.77. The predicted octanol–water partition coefficient (Wildman–Crippen LogP) is 5.62. The van der Waals surface area contributed by atoms with Gasteiger partial charge in [-0.05, 0) is 75.0 Å². The Balaban J connectivity index is 1.80. The first-order valence-corrected chi connectivity index (χ1v) is 7.81. The lowest BCUT2D eigenvalue weighted by molar-refractivity contribution is 0.311. The van der Waals surface area contributed by atoms with Gasteiger partial charge in [0.2, 0.25) is 0 Å². The Morgan fingerprint density at radius 1 is 1.15 bits per heavy atom. The minimum atomic E-state index is 0.672. The number of benzene rings is 1. The molecule has 0 radical (unpaired) electrons. The lowest BCUT2D eigenvalue weighted by Gasteiger charge is -2.28. The van der Waals surface area contributed by atoms with Gasteiger partial charge in [0.1, 0.15) is 5.75 Å². The first kappa shape index (κ1) is 15.1. The second kappa shape index (κ2) is 8.08. The zero-order valence-corrected chi connectivity index (χ0v) is 12.4. The van der Waals surface area contributed by atoms with Crippen LogP contribution in [0.15, 0.2) is 36.7 Å². The van der Waals surface area contributed by atoms with E-state index in [0.29, 0.717) is 12.2 Å². The fourth-order valence-electron chi connectivity index (χ4n) is 3.18. The Labute approximate surface area is 121 Å². The van der Waals surface area contributed by atoms with Crippen LogP contribution in [-0.2, 0) is 0 Å². The molecule has 2 heteroatoms. The van der Waals surface area contributed by atoms with Crippen LogP contribution in [0.2, 0.25) is 0 Å². The second-order valence-electron chi connectivity index (χ2n) is 5.66. The maximum atomic E-state index is 11.9. The van der Waals surface area contributed by atoms with Crippen molar-refractivity contribution in [3.05, 3.63) is 42.2 Å². The van der Waals surface area contributed by atoms with E-state index in [9.17, 15) is 4.39 Å². The molecular weight excluding hydrogens is 251 g/mol. The number of allylic oxidation sites excluding steroid dienone is 1. The highest BCUT2D eigenvalue weighted by molar-refractivity contribution is 5.29. The Hall–Kier alpha value is -1.31. The van der Waals surface area contributed by atoms with E-state index in [1.54, 1.807) is 6.08 Å². The number of ether oxygens (including phenoxy) is 1. The molecule has 1 aromatic rings. The van der Waals surface area contributed by atoms with Crippen molar-refractivity contribution in [2.45, 2.75) is 51.4 Å². The molecule has 2 rings (SSSR count). The van der Waals surface area contributed by atoms with Crippen LogP contribution in [0.1, 0.15) is 56.9 Å². The monoisotopic (exact) mass is 276 g/mol. The van der Waals surface area contributed by atoms with Crippen molar-refractivity contribution in [2.75, 3.05) is 6.61 Å². The topological polar surface area (TPSA) is 9.23 Å². The summed E-state index contributed by atoms with van der Waals surface area (Å²) < 4.78 is 17.4. The van der Waals surface area contributed by atoms with E-state index in [1.165, 1.54) is 31.2 Å². The lowest BCUT2D eigenvalue weighted by Crippen LogP contribution is -2.13. The van der Waals surface area contributed by atoms with E-state index in [-0.39, 0.29) is 0 Å². The van der Waals surface area contributed by atoms with Gasteiger partial charge in [-0.1, -0.05) is 18.2 Å². The molecule has 0 aliphatic heterocycles. The second-order valence-corrected chi connectivity index (χ2v) is 5.66. The van der Waals surface area contributed by atoms with Crippen LogP contribution in [-0.4, -0.2) is 6.61 Å². The average molecular weight is 276 g/mol. The summed E-state index contributed by atoms with van der Waals surface area (Å²) in [5.41, 5.74) is 1.44. The van der Waals surface area contributed by atoms with Gasteiger partial charge in [0.15, 0.2) is 0 Å². The molecule has 110 valence electrons. The van der Waals surface area contributed by atoms with Gasteiger partial charge in [0.25, 0.3) is 0 Å². The van der Waals surface area contributed by atoms with Crippen LogP contribution in [0.3, 0.4) is 0 Å². The quantitative estimate of drug-likeness (QED) is 0.655. The predicted molar refractivity (Wildman–Crippen MR) is 81.8 cm³/mol. The van der Waals surface area contributed by atoms with Crippen molar-refractivity contribution in [1.29, 1.82) is 0 Å². The molecule has 0 unspecified atom stereocenters. The third-order valence-corrected chi connectivity index (χ3v) is 4.34. The minimum absolute atomic E-state index is 0.672. The first-order valence-electron chi connectivity index (χ1n) is 7.81. The van der Waals surface area contributed by atoms with Crippen molar-refractivity contribution in [1.82, 2.24) is 0 Å². The maximum Gasteiger partial charge on any atom is 0.119 e. The molecule has 1 nitrogen and oxygen atoms in total. The number of rotatable bonds is 6. The Bertz CT molecular complexity index is 402. The minimum Gasteiger partial charge on any atom is -0.494 e. The average Bonchev–Trinajstić information content (AvgIpc) is 2.49. The fraction of sp³-hybridized carbons (Fsp3) is 0.556. The molecule has 1 aliphatic rings. The summed E-state index contributed by atoms with van der Waals surface area (Å²) in [7, 11) is 0. The molecule has 1 aromatic carbocycles. The highest BCUT2D eigenvalue weighted by Crippen LogP contribution is 2.37. The summed E-state index contributed by atoms with van der Waals surface area (Å²) >= 11 is 0. The SMILES string of the molecule is CCOc1ccc(C2CCC(CC/C=C/F)CC2)cc1. The molecular formula is C18H25FO. The van der Waals surface area contributed by atoms with Crippen molar-refractivity contribution in [3.63, 3.8) is 0 Å². The van der Waals surface area contributed by atoms with Crippen molar-refractivity contribution >= 4 is 0 Å². The third-order valence-electron chi connectivity index (χ3n) is 4.34. The Kier molecular flexibility index (Phi) is 6.10. The zero-order valence-electron chi connectivity index (χ0n) is 12.4. The van der Waals surface area contributed by atoms with Gasteiger partial charge in [-0.15, -0.1) is 0 Å². The van der Waals surface area contributed by atoms with E-state index >= 15 is 0 Å². The number of hydrogen-bond acceptors (Lipinski definition) is 1. The van der Waals surface area contributed by atoms with Crippen LogP contribution >= 0.6 is 0 Å². The van der Waals surface area contributed by atoms with E-state index in [0.717, 1.165) is 31.1 Å². The van der Waals surface area contributed by atoms with E-state index < -0.39 is 0 Å². The maximum absolute atomic E-state index is 11.9. The molecule has 0 heterocycles. The van der Waals surface area contributed by atoms with Gasteiger partial charge in [0, 0.05) is 0 Å². The van der Waals surface area contributed by atoms with Gasteiger partial charge in [-0.3, -0.25) is 0 Å². The molecule has 0 bridgehead atoms. The molecule has 1 aliphatic carbocycles. The smallest absolute Gasteiger partial charge is 0.119 e. The summed E-state index contributed by atoms with van der Waals surface area (Å²) in [6.07, 6.45) is 9.40. The molecule has 0 spiro atoms. The molecule has 1 saturated carbocycles. The van der Waals surface area contributed by atoms with Gasteiger partial charge >= 0.3 is 0 Å². The molecule has 0 saturated heterocycles. The molecule has 1 fully saturated rings. The first-order chi connectivity index (χ1) is 9.83. The summed E-state index contributed by atoms with van der Waals surface area (Å²) in [6.45, 7) is 2.73. The third kappa shape index (κ3) is 4.36. The summed E-state index contributed by atoms with van der Waals surface area (Å²) in [5, 5.41) is 0. The van der Waals surface area contributed by atoms with Crippen molar-refractivity contribution < 1.29 is 9.13 Å². The highest BCUT2D eigenvalue weighted by atomic mass is 19.1.